The van der Waals surface area contributed by atoms with Gasteiger partial charge in [-0.1, -0.05) is 0 Å². The van der Waals surface area contributed by atoms with Gasteiger partial charge in [0.2, 0.25) is 0 Å². The normalized spacial score (nSPS) is 26.5. The molecule has 2 heterocycles. The molecule has 21 heavy (non-hydrogen) atoms. The molecular formula is C14H21ClN4O2. The van der Waals surface area contributed by atoms with Crippen LogP contribution < -0.4 is 14.5 Å². The van der Waals surface area contributed by atoms with Crippen LogP contribution >= 0.6 is 11.8 Å². The SMILES string of the molecule is OCC1CCN(c2nccnc2OC2CC(NCl)C2)CC1. The zero-order valence-electron chi connectivity index (χ0n) is 11.9. The average Bonchev–Trinajstić information content (AvgIpc) is 2.51. The van der Waals surface area contributed by atoms with Gasteiger partial charge in [-0.15, -0.1) is 0 Å². The Hall–Kier alpha value is -1.11. The van der Waals surface area contributed by atoms with E-state index in [0.717, 1.165) is 44.6 Å². The van der Waals surface area contributed by atoms with Crippen molar-refractivity contribution in [2.75, 3.05) is 24.6 Å². The number of halogens is 1. The van der Waals surface area contributed by atoms with Crippen LogP contribution in [0.5, 0.6) is 5.88 Å². The van der Waals surface area contributed by atoms with Crippen molar-refractivity contribution in [3.63, 3.8) is 0 Å². The zero-order valence-corrected chi connectivity index (χ0v) is 12.7. The summed E-state index contributed by atoms with van der Waals surface area (Å²) >= 11 is 5.59. The number of rotatable bonds is 5. The molecule has 0 atom stereocenters. The Bertz CT molecular complexity index is 462. The molecule has 0 spiro atoms. The molecule has 1 aromatic rings. The Labute approximate surface area is 129 Å². The van der Waals surface area contributed by atoms with Gasteiger partial charge >= 0.3 is 0 Å². The molecule has 0 aromatic carbocycles. The van der Waals surface area contributed by atoms with Gasteiger partial charge < -0.3 is 14.7 Å². The van der Waals surface area contributed by atoms with Gasteiger partial charge in [0, 0.05) is 51.0 Å². The van der Waals surface area contributed by atoms with Crippen LogP contribution in [0.1, 0.15) is 25.7 Å². The zero-order chi connectivity index (χ0) is 14.7. The fourth-order valence-electron chi connectivity index (χ4n) is 2.85. The van der Waals surface area contributed by atoms with Crippen molar-refractivity contribution in [2.45, 2.75) is 37.8 Å². The number of ether oxygens (including phenoxy) is 1. The number of piperidine rings is 1. The van der Waals surface area contributed by atoms with Crippen LogP contribution in [0.4, 0.5) is 5.82 Å². The number of hydrogen-bond acceptors (Lipinski definition) is 6. The van der Waals surface area contributed by atoms with Crippen LogP contribution in [-0.2, 0) is 0 Å². The summed E-state index contributed by atoms with van der Waals surface area (Å²) in [7, 11) is 0. The first-order valence-electron chi connectivity index (χ1n) is 7.49. The fourth-order valence-corrected chi connectivity index (χ4v) is 3.03. The molecule has 2 fully saturated rings. The predicted octanol–water partition coefficient (Wildman–Crippen LogP) is 1.34. The summed E-state index contributed by atoms with van der Waals surface area (Å²) in [6.07, 6.45) is 7.27. The highest BCUT2D eigenvalue weighted by Gasteiger charge is 2.32. The van der Waals surface area contributed by atoms with Crippen molar-refractivity contribution in [3.8, 4) is 5.88 Å². The second-order valence-corrected chi connectivity index (χ2v) is 6.03. The average molecular weight is 313 g/mol. The molecule has 2 N–H and O–H groups in total. The maximum atomic E-state index is 9.22. The molecule has 1 aliphatic carbocycles. The van der Waals surface area contributed by atoms with Gasteiger partial charge in [0.05, 0.1) is 0 Å². The Morgan fingerprint density at radius 1 is 1.29 bits per heavy atom. The Balaban J connectivity index is 1.63. The van der Waals surface area contributed by atoms with E-state index in [0.29, 0.717) is 17.8 Å². The molecule has 6 nitrogen and oxygen atoms in total. The largest absolute Gasteiger partial charge is 0.472 e. The number of aliphatic hydroxyl groups excluding tert-OH is 1. The second kappa shape index (κ2) is 6.77. The third kappa shape index (κ3) is 3.39. The van der Waals surface area contributed by atoms with Gasteiger partial charge in [-0.25, -0.2) is 14.8 Å². The summed E-state index contributed by atoms with van der Waals surface area (Å²) in [4.78, 5) is 13.7. The molecule has 1 aliphatic heterocycles. The minimum Gasteiger partial charge on any atom is -0.472 e. The summed E-state index contributed by atoms with van der Waals surface area (Å²) < 4.78 is 5.96. The maximum absolute atomic E-state index is 9.22. The van der Waals surface area contributed by atoms with Crippen LogP contribution in [0.2, 0.25) is 0 Å². The van der Waals surface area contributed by atoms with Gasteiger partial charge in [0.25, 0.3) is 5.88 Å². The lowest BCUT2D eigenvalue weighted by atomic mass is 9.90. The smallest absolute Gasteiger partial charge is 0.257 e. The van der Waals surface area contributed by atoms with Crippen molar-refractivity contribution < 1.29 is 9.84 Å². The number of aromatic nitrogens is 2. The van der Waals surface area contributed by atoms with Crippen molar-refractivity contribution in [2.24, 2.45) is 5.92 Å². The Morgan fingerprint density at radius 3 is 2.67 bits per heavy atom. The Morgan fingerprint density at radius 2 is 2.00 bits per heavy atom. The van der Waals surface area contributed by atoms with Gasteiger partial charge in [-0.05, 0) is 30.5 Å². The number of anilines is 1. The fraction of sp³-hybridized carbons (Fsp3) is 0.714. The van der Waals surface area contributed by atoms with Crippen LogP contribution in [0.15, 0.2) is 12.4 Å². The van der Waals surface area contributed by atoms with Crippen LogP contribution in [0.3, 0.4) is 0 Å². The van der Waals surface area contributed by atoms with Gasteiger partial charge in [-0.3, -0.25) is 0 Å². The van der Waals surface area contributed by atoms with Crippen LogP contribution in [-0.4, -0.2) is 46.9 Å². The van der Waals surface area contributed by atoms with E-state index in [9.17, 15) is 5.11 Å². The van der Waals surface area contributed by atoms with Crippen molar-refractivity contribution in [1.29, 1.82) is 0 Å². The molecule has 7 heteroatoms. The minimum atomic E-state index is 0.159. The van der Waals surface area contributed by atoms with Gasteiger partial charge in [0.1, 0.15) is 6.10 Å². The highest BCUT2D eigenvalue weighted by atomic mass is 35.5. The first-order valence-corrected chi connectivity index (χ1v) is 7.87. The van der Waals surface area contributed by atoms with E-state index in [2.05, 4.69) is 19.7 Å². The lowest BCUT2D eigenvalue weighted by Gasteiger charge is -2.36. The van der Waals surface area contributed by atoms with E-state index in [1.165, 1.54) is 0 Å². The van der Waals surface area contributed by atoms with Crippen molar-refractivity contribution in [3.05, 3.63) is 12.4 Å². The summed E-state index contributed by atoms with van der Waals surface area (Å²) in [6, 6.07) is 0.331. The highest BCUT2D eigenvalue weighted by molar-refractivity contribution is 6.13. The molecule has 2 aliphatic rings. The van der Waals surface area contributed by atoms with E-state index in [-0.39, 0.29) is 12.7 Å². The highest BCUT2D eigenvalue weighted by Crippen LogP contribution is 2.31. The van der Waals surface area contributed by atoms with E-state index >= 15 is 0 Å². The predicted molar refractivity (Wildman–Crippen MR) is 80.5 cm³/mol. The summed E-state index contributed by atoms with van der Waals surface area (Å²) in [5.41, 5.74) is 0. The monoisotopic (exact) mass is 312 g/mol. The molecule has 0 amide bonds. The first kappa shape index (κ1) is 14.8. The van der Waals surface area contributed by atoms with Crippen LogP contribution in [0, 0.1) is 5.92 Å². The standard InChI is InChI=1S/C14H21ClN4O2/c15-18-11-7-12(8-11)21-14-13(16-3-4-17-14)19-5-1-10(9-20)2-6-19/h3-4,10-12,18,20H,1-2,5-9H2. The topological polar surface area (TPSA) is 70.5 Å². The van der Waals surface area contributed by atoms with Crippen molar-refractivity contribution in [1.82, 2.24) is 14.8 Å². The second-order valence-electron chi connectivity index (χ2n) is 5.82. The molecule has 1 saturated carbocycles. The summed E-state index contributed by atoms with van der Waals surface area (Å²) in [5.74, 6) is 1.83. The molecule has 0 radical (unpaired) electrons. The molecule has 3 rings (SSSR count). The summed E-state index contributed by atoms with van der Waals surface area (Å²) in [6.45, 7) is 2.04. The van der Waals surface area contributed by atoms with Crippen molar-refractivity contribution >= 4 is 17.6 Å². The van der Waals surface area contributed by atoms with Gasteiger partial charge in [-0.2, -0.15) is 0 Å². The lowest BCUT2D eigenvalue weighted by Crippen LogP contribution is -2.44. The molecule has 116 valence electrons. The summed E-state index contributed by atoms with van der Waals surface area (Å²) in [5, 5.41) is 9.22. The molecule has 0 bridgehead atoms. The molecule has 1 saturated heterocycles. The van der Waals surface area contributed by atoms with Crippen LogP contribution in [0.25, 0.3) is 0 Å². The first-order chi connectivity index (χ1) is 10.3. The minimum absolute atomic E-state index is 0.159. The number of nitrogens with zero attached hydrogens (tertiary/aromatic N) is 3. The number of hydrogen-bond donors (Lipinski definition) is 2. The quantitative estimate of drug-likeness (QED) is 0.800. The molecule has 0 unspecified atom stereocenters. The van der Waals surface area contributed by atoms with E-state index in [1.54, 1.807) is 12.4 Å². The third-order valence-corrected chi connectivity index (χ3v) is 4.65. The van der Waals surface area contributed by atoms with E-state index in [1.807, 2.05) is 0 Å². The maximum Gasteiger partial charge on any atom is 0.257 e. The lowest BCUT2D eigenvalue weighted by molar-refractivity contribution is 0.0898. The molecular weight excluding hydrogens is 292 g/mol. The number of aliphatic hydroxyl groups is 1. The van der Waals surface area contributed by atoms with Gasteiger partial charge in [0.15, 0.2) is 5.82 Å². The van der Waals surface area contributed by atoms with E-state index in [4.69, 9.17) is 16.5 Å². The third-order valence-electron chi connectivity index (χ3n) is 4.35. The van der Waals surface area contributed by atoms with E-state index < -0.39 is 0 Å². The molecule has 1 aromatic heterocycles. The number of nitrogens with one attached hydrogen (secondary N) is 1. The Kier molecular flexibility index (Phi) is 4.77.